The van der Waals surface area contributed by atoms with Crippen LogP contribution in [-0.4, -0.2) is 19.7 Å². The maximum Gasteiger partial charge on any atom is 0.417 e. The molecule has 124 valence electrons. The van der Waals surface area contributed by atoms with Gasteiger partial charge in [0.05, 0.1) is 10.6 Å². The summed E-state index contributed by atoms with van der Waals surface area (Å²) in [6.45, 7) is 0.279. The molecular formula is C15H11ClF3N5. The van der Waals surface area contributed by atoms with Crippen LogP contribution >= 0.6 is 11.6 Å². The van der Waals surface area contributed by atoms with E-state index in [1.165, 1.54) is 0 Å². The second-order valence-electron chi connectivity index (χ2n) is 4.84. The molecule has 3 rings (SSSR count). The predicted molar refractivity (Wildman–Crippen MR) is 82.9 cm³/mol. The van der Waals surface area contributed by atoms with Crippen molar-refractivity contribution in [3.8, 4) is 5.82 Å². The van der Waals surface area contributed by atoms with Crippen molar-refractivity contribution >= 4 is 17.4 Å². The van der Waals surface area contributed by atoms with Crippen LogP contribution in [0.4, 0.5) is 19.0 Å². The smallest absolute Gasteiger partial charge is 0.365 e. The maximum atomic E-state index is 12.6. The first-order chi connectivity index (χ1) is 11.4. The molecule has 0 aliphatic rings. The molecule has 0 saturated carbocycles. The number of hydrogen-bond donors (Lipinski definition) is 1. The Hall–Kier alpha value is -2.61. The number of pyridine rings is 2. The van der Waals surface area contributed by atoms with Crippen LogP contribution in [0.3, 0.4) is 0 Å². The number of anilines is 1. The largest absolute Gasteiger partial charge is 0.417 e. The number of hydrogen-bond acceptors (Lipinski definition) is 4. The fourth-order valence-corrected chi connectivity index (χ4v) is 2.30. The summed E-state index contributed by atoms with van der Waals surface area (Å²) < 4.78 is 39.5. The Labute approximate surface area is 140 Å². The summed E-state index contributed by atoms with van der Waals surface area (Å²) in [6.07, 6.45) is 1.26. The molecule has 0 radical (unpaired) electrons. The van der Waals surface area contributed by atoms with Gasteiger partial charge >= 0.3 is 6.18 Å². The van der Waals surface area contributed by atoms with Crippen LogP contribution in [0.1, 0.15) is 11.1 Å². The Bertz CT molecular complexity index is 833. The van der Waals surface area contributed by atoms with E-state index < -0.39 is 11.7 Å². The highest BCUT2D eigenvalue weighted by Gasteiger charge is 2.31. The molecule has 3 heterocycles. The van der Waals surface area contributed by atoms with Crippen LogP contribution in [0.2, 0.25) is 5.02 Å². The highest BCUT2D eigenvalue weighted by atomic mass is 35.5. The normalized spacial score (nSPS) is 11.5. The monoisotopic (exact) mass is 353 g/mol. The topological polar surface area (TPSA) is 55.6 Å². The number of nitrogens with zero attached hydrogens (tertiary/aromatic N) is 4. The minimum absolute atomic E-state index is 0.102. The van der Waals surface area contributed by atoms with Crippen LogP contribution in [0.25, 0.3) is 5.82 Å². The van der Waals surface area contributed by atoms with Crippen molar-refractivity contribution in [2.45, 2.75) is 12.7 Å². The summed E-state index contributed by atoms with van der Waals surface area (Å²) in [4.78, 5) is 8.01. The third kappa shape index (κ3) is 3.48. The van der Waals surface area contributed by atoms with Crippen molar-refractivity contribution in [2.24, 2.45) is 0 Å². The highest BCUT2D eigenvalue weighted by Crippen LogP contribution is 2.32. The van der Waals surface area contributed by atoms with Gasteiger partial charge in [-0.1, -0.05) is 17.7 Å². The molecule has 3 aromatic rings. The molecule has 5 nitrogen and oxygen atoms in total. The summed E-state index contributed by atoms with van der Waals surface area (Å²) in [6, 6.07) is 6.19. The van der Waals surface area contributed by atoms with Crippen LogP contribution in [0.15, 0.2) is 49.1 Å². The Morgan fingerprint density at radius 2 is 2.00 bits per heavy atom. The maximum absolute atomic E-state index is 12.6. The Balaban J connectivity index is 1.80. The molecule has 0 aliphatic heterocycles. The Morgan fingerprint density at radius 1 is 1.17 bits per heavy atom. The van der Waals surface area contributed by atoms with E-state index in [4.69, 9.17) is 11.6 Å². The molecule has 0 fully saturated rings. The predicted octanol–water partition coefficient (Wildman–Crippen LogP) is 3.95. The van der Waals surface area contributed by atoms with Gasteiger partial charge in [0.15, 0.2) is 5.82 Å². The zero-order valence-corrected chi connectivity index (χ0v) is 12.9. The van der Waals surface area contributed by atoms with E-state index in [-0.39, 0.29) is 17.4 Å². The van der Waals surface area contributed by atoms with E-state index >= 15 is 0 Å². The molecule has 0 bridgehead atoms. The lowest BCUT2D eigenvalue weighted by atomic mass is 10.2. The molecule has 0 atom stereocenters. The van der Waals surface area contributed by atoms with Gasteiger partial charge in [-0.15, -0.1) is 0 Å². The third-order valence-corrected chi connectivity index (χ3v) is 3.49. The molecule has 0 spiro atoms. The van der Waals surface area contributed by atoms with Crippen LogP contribution in [-0.2, 0) is 12.7 Å². The first-order valence-electron chi connectivity index (χ1n) is 6.85. The second-order valence-corrected chi connectivity index (χ2v) is 5.25. The van der Waals surface area contributed by atoms with E-state index in [0.29, 0.717) is 5.82 Å². The van der Waals surface area contributed by atoms with E-state index in [1.54, 1.807) is 35.4 Å². The number of aromatic nitrogens is 4. The number of rotatable bonds is 4. The fourth-order valence-electron chi connectivity index (χ4n) is 2.07. The summed E-state index contributed by atoms with van der Waals surface area (Å²) in [7, 11) is 0. The molecule has 0 saturated heterocycles. The van der Waals surface area contributed by atoms with Gasteiger partial charge in [-0.25, -0.2) is 14.6 Å². The van der Waals surface area contributed by atoms with Gasteiger partial charge < -0.3 is 5.32 Å². The summed E-state index contributed by atoms with van der Waals surface area (Å²) in [5, 5.41) is 6.93. The lowest BCUT2D eigenvalue weighted by molar-refractivity contribution is -0.137. The molecule has 0 aliphatic carbocycles. The third-order valence-electron chi connectivity index (χ3n) is 3.20. The van der Waals surface area contributed by atoms with Gasteiger partial charge in [-0.05, 0) is 18.2 Å². The van der Waals surface area contributed by atoms with E-state index in [0.717, 1.165) is 17.8 Å². The van der Waals surface area contributed by atoms with Gasteiger partial charge in [0, 0.05) is 36.9 Å². The summed E-state index contributed by atoms with van der Waals surface area (Å²) >= 11 is 5.88. The quantitative estimate of drug-likeness (QED) is 0.771. The fraction of sp³-hybridized carbons (Fsp3) is 0.133. The number of alkyl halides is 3. The van der Waals surface area contributed by atoms with Gasteiger partial charge in [-0.2, -0.15) is 18.3 Å². The van der Waals surface area contributed by atoms with Gasteiger partial charge in [0.25, 0.3) is 0 Å². The second kappa shape index (κ2) is 6.48. The highest BCUT2D eigenvalue weighted by molar-refractivity contribution is 6.32. The van der Waals surface area contributed by atoms with Crippen LogP contribution in [0.5, 0.6) is 0 Å². The Kier molecular flexibility index (Phi) is 4.39. The first-order valence-corrected chi connectivity index (χ1v) is 7.23. The summed E-state index contributed by atoms with van der Waals surface area (Å²) in [5.74, 6) is 0.776. The molecule has 0 unspecified atom stereocenters. The minimum atomic E-state index is -4.48. The number of nitrogens with one attached hydrogen (secondary N) is 1. The molecule has 3 aromatic heterocycles. The average molecular weight is 354 g/mol. The molecule has 0 aromatic carbocycles. The van der Waals surface area contributed by atoms with Crippen molar-refractivity contribution in [3.05, 3.63) is 65.2 Å². The van der Waals surface area contributed by atoms with Gasteiger partial charge in [0.2, 0.25) is 0 Å². The zero-order chi connectivity index (χ0) is 17.2. The van der Waals surface area contributed by atoms with Crippen molar-refractivity contribution in [1.82, 2.24) is 19.7 Å². The standard InChI is InChI=1S/C15H11ClF3N5/c16-12-7-11(15(17,18)19)9-22-13(12)21-8-10-3-1-4-20-14(10)24-6-2-5-23-24/h1-7,9H,8H2,(H,21,22). The molecule has 24 heavy (non-hydrogen) atoms. The average Bonchev–Trinajstić information content (AvgIpc) is 3.07. The molecule has 0 amide bonds. The Morgan fingerprint density at radius 3 is 2.67 bits per heavy atom. The van der Waals surface area contributed by atoms with Crippen molar-refractivity contribution < 1.29 is 13.2 Å². The minimum Gasteiger partial charge on any atom is -0.365 e. The zero-order valence-electron chi connectivity index (χ0n) is 12.1. The van der Waals surface area contributed by atoms with E-state index in [9.17, 15) is 13.2 Å². The van der Waals surface area contributed by atoms with Crippen LogP contribution < -0.4 is 5.32 Å². The van der Waals surface area contributed by atoms with E-state index in [1.807, 2.05) is 6.07 Å². The van der Waals surface area contributed by atoms with Crippen molar-refractivity contribution in [3.63, 3.8) is 0 Å². The van der Waals surface area contributed by atoms with Gasteiger partial charge in [0.1, 0.15) is 5.82 Å². The molecule has 1 N–H and O–H groups in total. The number of halogens is 4. The first kappa shape index (κ1) is 16.3. The molecular weight excluding hydrogens is 343 g/mol. The lowest BCUT2D eigenvalue weighted by Crippen LogP contribution is -2.10. The molecule has 9 heteroatoms. The van der Waals surface area contributed by atoms with Crippen molar-refractivity contribution in [2.75, 3.05) is 5.32 Å². The SMILES string of the molecule is FC(F)(F)c1cnc(NCc2cccnc2-n2cccn2)c(Cl)c1. The van der Waals surface area contributed by atoms with Gasteiger partial charge in [-0.3, -0.25) is 0 Å². The van der Waals surface area contributed by atoms with E-state index in [2.05, 4.69) is 20.4 Å². The van der Waals surface area contributed by atoms with Crippen LogP contribution in [0, 0.1) is 0 Å². The lowest BCUT2D eigenvalue weighted by Gasteiger charge is -2.12. The van der Waals surface area contributed by atoms with Crippen molar-refractivity contribution in [1.29, 1.82) is 0 Å². The summed E-state index contributed by atoms with van der Waals surface area (Å²) in [5.41, 5.74) is -0.101.